The summed E-state index contributed by atoms with van der Waals surface area (Å²) in [5.41, 5.74) is 2.35. The summed E-state index contributed by atoms with van der Waals surface area (Å²) < 4.78 is 20.0. The van der Waals surface area contributed by atoms with Crippen LogP contribution >= 0.6 is 0 Å². The largest absolute Gasteiger partial charge is 1.00 e. The monoisotopic (exact) mass is 410 g/mol. The molecule has 0 aliphatic rings. The van der Waals surface area contributed by atoms with Gasteiger partial charge in [0.15, 0.2) is 0 Å². The first kappa shape index (κ1) is 20.4. The smallest absolute Gasteiger partial charge is 0.147 e. The van der Waals surface area contributed by atoms with Crippen molar-refractivity contribution in [2.24, 2.45) is 0 Å². The van der Waals surface area contributed by atoms with E-state index in [4.69, 9.17) is 4.74 Å². The number of anilines is 2. The molecule has 3 aromatic carbocycles. The molecule has 29 heavy (non-hydrogen) atoms. The number of fused-ring (bicyclic) bond motifs is 1. The van der Waals surface area contributed by atoms with Gasteiger partial charge in [0, 0.05) is 17.5 Å². The van der Waals surface area contributed by atoms with Crippen molar-refractivity contribution in [3.63, 3.8) is 0 Å². The van der Waals surface area contributed by atoms with Gasteiger partial charge in [-0.1, -0.05) is 30.3 Å². The minimum Gasteiger partial charge on any atom is -1.00 e. The Bertz CT molecular complexity index is 1140. The summed E-state index contributed by atoms with van der Waals surface area (Å²) in [6, 6.07) is 18.0. The zero-order valence-corrected chi connectivity index (χ0v) is 16.3. The number of benzene rings is 3. The quantitative estimate of drug-likeness (QED) is 0.527. The van der Waals surface area contributed by atoms with Crippen molar-refractivity contribution in [2.45, 2.75) is 13.5 Å². The Hall–Kier alpha value is -3.38. The number of aryl methyl sites for hydroxylation is 1. The van der Waals surface area contributed by atoms with E-state index in [0.29, 0.717) is 34.6 Å². The van der Waals surface area contributed by atoms with Crippen molar-refractivity contribution in [2.75, 3.05) is 5.32 Å². The number of phenols is 1. The summed E-state index contributed by atoms with van der Waals surface area (Å²) in [6.45, 7) is 2.09. The van der Waals surface area contributed by atoms with E-state index in [1.807, 2.05) is 48.5 Å². The predicted octanol–water partition coefficient (Wildman–Crippen LogP) is 2.11. The highest BCUT2D eigenvalue weighted by Crippen LogP contribution is 2.30. The van der Waals surface area contributed by atoms with E-state index in [2.05, 4.69) is 15.3 Å². The molecular weight excluding hydrogens is 393 g/mol. The molecule has 1 heterocycles. The van der Waals surface area contributed by atoms with Gasteiger partial charge in [0.2, 0.25) is 0 Å². The molecule has 0 spiro atoms. The van der Waals surface area contributed by atoms with Crippen LogP contribution in [0.25, 0.3) is 10.9 Å². The van der Waals surface area contributed by atoms with Gasteiger partial charge < -0.3 is 27.6 Å². The normalized spacial score (nSPS) is 10.4. The topological polar surface area (TPSA) is 67.3 Å². The van der Waals surface area contributed by atoms with E-state index in [1.165, 1.54) is 18.5 Å². The van der Waals surface area contributed by atoms with Crippen LogP contribution in [0.2, 0.25) is 0 Å². The van der Waals surface area contributed by atoms with Gasteiger partial charge in [-0.05, 0) is 36.2 Å². The van der Waals surface area contributed by atoms with Gasteiger partial charge in [0.1, 0.15) is 36.1 Å². The Morgan fingerprint density at radius 2 is 1.83 bits per heavy atom. The van der Waals surface area contributed by atoms with Crippen molar-refractivity contribution in [3.8, 4) is 11.5 Å². The molecule has 4 rings (SSSR count). The first-order valence-electron chi connectivity index (χ1n) is 8.78. The third kappa shape index (κ3) is 4.55. The lowest BCUT2D eigenvalue weighted by molar-refractivity contribution is -0.00000763. The Morgan fingerprint density at radius 1 is 1.03 bits per heavy atom. The number of phenolic OH excluding ortho intramolecular Hbond substituents is 1. The standard InChI is InChI=1S/C22H18FN3O2.ClH/c1-14-9-18(23)20(11-21(14)27)26-22-17-8-7-16(10-19(17)24-13-25-22)28-12-15-5-3-2-4-6-15;/h2-11,13,27H,12H2,1H3,(H,24,25,26);1H/p-1. The average molecular weight is 411 g/mol. The maximum atomic E-state index is 14.2. The Morgan fingerprint density at radius 3 is 2.62 bits per heavy atom. The summed E-state index contributed by atoms with van der Waals surface area (Å²) in [4.78, 5) is 8.49. The third-order valence-corrected chi connectivity index (χ3v) is 4.39. The number of rotatable bonds is 5. The predicted molar refractivity (Wildman–Crippen MR) is 106 cm³/mol. The van der Waals surface area contributed by atoms with E-state index in [1.54, 1.807) is 6.92 Å². The number of aromatic hydroxyl groups is 1. The van der Waals surface area contributed by atoms with Gasteiger partial charge in [0.05, 0.1) is 11.2 Å². The minimum atomic E-state index is -0.468. The molecule has 0 amide bonds. The van der Waals surface area contributed by atoms with E-state index in [9.17, 15) is 9.50 Å². The zero-order chi connectivity index (χ0) is 19.5. The Balaban J connectivity index is 0.00000240. The number of nitrogens with zero attached hydrogens (tertiary/aromatic N) is 2. The summed E-state index contributed by atoms with van der Waals surface area (Å²) >= 11 is 0. The van der Waals surface area contributed by atoms with Crippen LogP contribution in [-0.4, -0.2) is 15.1 Å². The molecule has 0 saturated heterocycles. The molecular formula is C22H18ClFN3O2-. The van der Waals surface area contributed by atoms with Gasteiger partial charge in [0.25, 0.3) is 0 Å². The van der Waals surface area contributed by atoms with Gasteiger partial charge in [-0.3, -0.25) is 0 Å². The maximum absolute atomic E-state index is 14.2. The second-order valence-electron chi connectivity index (χ2n) is 6.42. The molecule has 148 valence electrons. The van der Waals surface area contributed by atoms with Crippen LogP contribution < -0.4 is 22.5 Å². The summed E-state index contributed by atoms with van der Waals surface area (Å²) in [7, 11) is 0. The van der Waals surface area contributed by atoms with Gasteiger partial charge in [-0.15, -0.1) is 0 Å². The van der Waals surface area contributed by atoms with Crippen molar-refractivity contribution in [1.82, 2.24) is 9.97 Å². The average Bonchev–Trinajstić information content (AvgIpc) is 2.71. The molecule has 0 aliphatic carbocycles. The van der Waals surface area contributed by atoms with Gasteiger partial charge >= 0.3 is 0 Å². The van der Waals surface area contributed by atoms with Crippen LogP contribution in [0.3, 0.4) is 0 Å². The van der Waals surface area contributed by atoms with Crippen LogP contribution in [0.1, 0.15) is 11.1 Å². The van der Waals surface area contributed by atoms with E-state index < -0.39 is 5.82 Å². The molecule has 4 aromatic rings. The maximum Gasteiger partial charge on any atom is 0.147 e. The Labute approximate surface area is 173 Å². The number of hydrogen-bond acceptors (Lipinski definition) is 5. The molecule has 0 bridgehead atoms. The van der Waals surface area contributed by atoms with Crippen molar-refractivity contribution >= 4 is 22.4 Å². The van der Waals surface area contributed by atoms with E-state index in [0.717, 1.165) is 5.56 Å². The highest BCUT2D eigenvalue weighted by molar-refractivity contribution is 5.91. The summed E-state index contributed by atoms with van der Waals surface area (Å²) in [5.74, 6) is 0.672. The lowest BCUT2D eigenvalue weighted by Crippen LogP contribution is -3.00. The van der Waals surface area contributed by atoms with Crippen LogP contribution in [0.15, 0.2) is 67.0 Å². The van der Waals surface area contributed by atoms with Gasteiger partial charge in [-0.25, -0.2) is 14.4 Å². The van der Waals surface area contributed by atoms with Crippen LogP contribution in [0.5, 0.6) is 11.5 Å². The van der Waals surface area contributed by atoms with Gasteiger partial charge in [-0.2, -0.15) is 0 Å². The first-order valence-corrected chi connectivity index (χ1v) is 8.78. The highest BCUT2D eigenvalue weighted by Gasteiger charge is 2.11. The number of ether oxygens (including phenoxy) is 1. The minimum absolute atomic E-state index is 0. The molecule has 0 radical (unpaired) electrons. The second kappa shape index (κ2) is 8.75. The van der Waals surface area contributed by atoms with Crippen molar-refractivity contribution < 1.29 is 26.6 Å². The molecule has 1 aromatic heterocycles. The molecule has 5 nitrogen and oxygen atoms in total. The molecule has 0 unspecified atom stereocenters. The third-order valence-electron chi connectivity index (χ3n) is 4.39. The van der Waals surface area contributed by atoms with E-state index >= 15 is 0 Å². The number of hydrogen-bond donors (Lipinski definition) is 2. The van der Waals surface area contributed by atoms with Crippen molar-refractivity contribution in [1.29, 1.82) is 0 Å². The highest BCUT2D eigenvalue weighted by atomic mass is 35.5. The van der Waals surface area contributed by atoms with Crippen LogP contribution in [-0.2, 0) is 6.61 Å². The fraction of sp³-hybridized carbons (Fsp3) is 0.0909. The summed E-state index contributed by atoms with van der Waals surface area (Å²) in [5, 5.41) is 13.5. The lowest BCUT2D eigenvalue weighted by Gasteiger charge is -2.12. The van der Waals surface area contributed by atoms with Crippen molar-refractivity contribution in [3.05, 3.63) is 83.9 Å². The number of halogens is 2. The lowest BCUT2D eigenvalue weighted by atomic mass is 10.2. The molecule has 7 heteroatoms. The molecule has 0 fully saturated rings. The van der Waals surface area contributed by atoms with Crippen LogP contribution in [0.4, 0.5) is 15.9 Å². The fourth-order valence-electron chi connectivity index (χ4n) is 2.85. The Kier molecular flexibility index (Phi) is 6.14. The summed E-state index contributed by atoms with van der Waals surface area (Å²) in [6.07, 6.45) is 1.40. The molecule has 0 atom stereocenters. The molecule has 0 aliphatic heterocycles. The SMILES string of the molecule is Cc1cc(F)c(Nc2ncnc3cc(OCc4ccccc4)ccc23)cc1O.[Cl-]. The second-order valence-corrected chi connectivity index (χ2v) is 6.42. The number of aromatic nitrogens is 2. The zero-order valence-electron chi connectivity index (χ0n) is 15.6. The fourth-order valence-corrected chi connectivity index (χ4v) is 2.85. The molecule has 2 N–H and O–H groups in total. The molecule has 0 saturated carbocycles. The first-order chi connectivity index (χ1) is 13.6. The number of nitrogens with one attached hydrogen (secondary N) is 1. The van der Waals surface area contributed by atoms with Crippen LogP contribution in [0, 0.1) is 12.7 Å². The van der Waals surface area contributed by atoms with E-state index in [-0.39, 0.29) is 23.8 Å².